The van der Waals surface area contributed by atoms with Crippen molar-refractivity contribution >= 4 is 22.8 Å². The quantitative estimate of drug-likeness (QED) is 0.611. The lowest BCUT2D eigenvalue weighted by atomic mass is 10.2. The average Bonchev–Trinajstić information content (AvgIpc) is 2.44. The van der Waals surface area contributed by atoms with Crippen LogP contribution in [0.2, 0.25) is 0 Å². The zero-order chi connectivity index (χ0) is 14.7. The van der Waals surface area contributed by atoms with Gasteiger partial charge in [0.05, 0.1) is 6.54 Å². The molecule has 0 spiro atoms. The van der Waals surface area contributed by atoms with Crippen LogP contribution in [-0.4, -0.2) is 39.7 Å². The minimum Gasteiger partial charge on any atom is -0.479 e. The highest BCUT2D eigenvalue weighted by molar-refractivity contribution is 5.95. The second kappa shape index (κ2) is 5.54. The Bertz CT molecular complexity index is 722. The first-order chi connectivity index (χ1) is 9.49. The third kappa shape index (κ3) is 2.83. The maximum atomic E-state index is 11.8. The summed E-state index contributed by atoms with van der Waals surface area (Å²) in [7, 11) is 0. The van der Waals surface area contributed by atoms with E-state index >= 15 is 0 Å². The number of carboxylic acid groups (broad SMARTS) is 1. The molecule has 1 aromatic carbocycles. The standard InChI is InChI=1S/C13H12N2O5/c16-10-5-9(12(18)14-6-11(17)13(19)20)15-8-4-2-1-3-7(8)10/h1-5,11,17H,6H2,(H,14,18)(H,15,16)(H,19,20)/t11-/m0/s1. The summed E-state index contributed by atoms with van der Waals surface area (Å²) < 4.78 is 0. The number of benzene rings is 1. The predicted octanol–water partition coefficient (Wildman–Crippen LogP) is -0.297. The van der Waals surface area contributed by atoms with Crippen LogP contribution in [0.1, 0.15) is 10.5 Å². The summed E-state index contributed by atoms with van der Waals surface area (Å²) in [5.41, 5.74) is 0.193. The van der Waals surface area contributed by atoms with Crippen LogP contribution in [-0.2, 0) is 4.79 Å². The minimum absolute atomic E-state index is 0.00582. The van der Waals surface area contributed by atoms with E-state index in [0.29, 0.717) is 10.9 Å². The van der Waals surface area contributed by atoms with Gasteiger partial charge in [-0.1, -0.05) is 12.1 Å². The molecule has 0 saturated heterocycles. The van der Waals surface area contributed by atoms with E-state index in [9.17, 15) is 14.4 Å². The van der Waals surface area contributed by atoms with Crippen molar-refractivity contribution in [3.05, 3.63) is 46.2 Å². The topological polar surface area (TPSA) is 119 Å². The van der Waals surface area contributed by atoms with Gasteiger partial charge in [-0.25, -0.2) is 4.79 Å². The molecule has 0 aliphatic carbocycles. The average molecular weight is 276 g/mol. The third-order valence-electron chi connectivity index (χ3n) is 2.72. The lowest BCUT2D eigenvalue weighted by molar-refractivity contribution is -0.146. The van der Waals surface area contributed by atoms with Crippen molar-refractivity contribution in [3.8, 4) is 0 Å². The number of rotatable bonds is 4. The Hall–Kier alpha value is -2.67. The van der Waals surface area contributed by atoms with Gasteiger partial charge in [-0.3, -0.25) is 9.59 Å². The molecule has 0 aliphatic heterocycles. The van der Waals surface area contributed by atoms with Crippen LogP contribution >= 0.6 is 0 Å². The lowest BCUT2D eigenvalue weighted by Gasteiger charge is -2.08. The summed E-state index contributed by atoms with van der Waals surface area (Å²) in [5.74, 6) is -2.09. The second-order valence-corrected chi connectivity index (χ2v) is 4.16. The minimum atomic E-state index is -1.69. The van der Waals surface area contributed by atoms with Crippen molar-refractivity contribution in [1.29, 1.82) is 0 Å². The zero-order valence-electron chi connectivity index (χ0n) is 10.3. The number of carboxylic acids is 1. The molecule has 20 heavy (non-hydrogen) atoms. The molecule has 0 bridgehead atoms. The molecule has 104 valence electrons. The van der Waals surface area contributed by atoms with Crippen LogP contribution in [0.15, 0.2) is 35.1 Å². The Morgan fingerprint density at radius 2 is 2.00 bits per heavy atom. The number of aromatic amines is 1. The highest BCUT2D eigenvalue weighted by Gasteiger charge is 2.15. The molecule has 1 amide bonds. The van der Waals surface area contributed by atoms with Gasteiger partial charge in [0.2, 0.25) is 0 Å². The number of hydrogen-bond acceptors (Lipinski definition) is 4. The van der Waals surface area contributed by atoms with E-state index in [4.69, 9.17) is 10.2 Å². The number of aliphatic hydroxyl groups excluding tert-OH is 1. The monoisotopic (exact) mass is 276 g/mol. The summed E-state index contributed by atoms with van der Waals surface area (Å²) in [6.07, 6.45) is -1.69. The molecule has 7 heteroatoms. The fourth-order valence-electron chi connectivity index (χ4n) is 1.69. The van der Waals surface area contributed by atoms with E-state index in [1.807, 2.05) is 0 Å². The molecule has 2 aromatic rings. The number of aromatic nitrogens is 1. The van der Waals surface area contributed by atoms with Gasteiger partial charge in [0.15, 0.2) is 11.5 Å². The van der Waals surface area contributed by atoms with E-state index in [1.165, 1.54) is 0 Å². The predicted molar refractivity (Wildman–Crippen MR) is 70.5 cm³/mol. The summed E-state index contributed by atoms with van der Waals surface area (Å²) in [4.78, 5) is 36.8. The van der Waals surface area contributed by atoms with Gasteiger partial charge in [-0.2, -0.15) is 0 Å². The Morgan fingerprint density at radius 3 is 2.70 bits per heavy atom. The smallest absolute Gasteiger partial charge is 0.334 e. The number of carbonyl (C=O) groups excluding carboxylic acids is 1. The van der Waals surface area contributed by atoms with Crippen molar-refractivity contribution < 1.29 is 19.8 Å². The largest absolute Gasteiger partial charge is 0.479 e. The van der Waals surface area contributed by atoms with Crippen molar-refractivity contribution in [2.45, 2.75) is 6.10 Å². The van der Waals surface area contributed by atoms with Gasteiger partial charge in [0.25, 0.3) is 5.91 Å². The Balaban J connectivity index is 2.23. The Kier molecular flexibility index (Phi) is 3.81. The van der Waals surface area contributed by atoms with Crippen LogP contribution in [0.4, 0.5) is 0 Å². The molecule has 0 saturated carbocycles. The fourth-order valence-corrected chi connectivity index (χ4v) is 1.69. The van der Waals surface area contributed by atoms with Crippen LogP contribution in [0.5, 0.6) is 0 Å². The maximum absolute atomic E-state index is 11.8. The lowest BCUT2D eigenvalue weighted by Crippen LogP contribution is -2.37. The number of fused-ring (bicyclic) bond motifs is 1. The molecule has 0 fully saturated rings. The number of para-hydroxylation sites is 1. The van der Waals surface area contributed by atoms with Crippen molar-refractivity contribution in [2.75, 3.05) is 6.54 Å². The molecule has 4 N–H and O–H groups in total. The molecule has 0 unspecified atom stereocenters. The SMILES string of the molecule is O=C(NC[C@H](O)C(=O)O)c1cc(=O)c2ccccc2[nH]1. The number of carbonyl (C=O) groups is 2. The Labute approximate surface area is 112 Å². The van der Waals surface area contributed by atoms with Gasteiger partial charge >= 0.3 is 5.97 Å². The Morgan fingerprint density at radius 1 is 1.30 bits per heavy atom. The summed E-state index contributed by atoms with van der Waals surface area (Å²) in [5, 5.41) is 20.2. The van der Waals surface area contributed by atoms with Gasteiger partial charge in [-0.15, -0.1) is 0 Å². The van der Waals surface area contributed by atoms with Crippen LogP contribution in [0, 0.1) is 0 Å². The summed E-state index contributed by atoms with van der Waals surface area (Å²) >= 11 is 0. The van der Waals surface area contributed by atoms with Crippen molar-refractivity contribution in [1.82, 2.24) is 10.3 Å². The van der Waals surface area contributed by atoms with Gasteiger partial charge in [0.1, 0.15) is 5.69 Å². The van der Waals surface area contributed by atoms with Crippen molar-refractivity contribution in [2.24, 2.45) is 0 Å². The number of aliphatic hydroxyl groups is 1. The number of nitrogens with one attached hydrogen (secondary N) is 2. The van der Waals surface area contributed by atoms with E-state index in [2.05, 4.69) is 10.3 Å². The number of H-pyrrole nitrogens is 1. The summed E-state index contributed by atoms with van der Waals surface area (Å²) in [6.45, 7) is -0.441. The maximum Gasteiger partial charge on any atom is 0.334 e. The third-order valence-corrected chi connectivity index (χ3v) is 2.72. The first-order valence-corrected chi connectivity index (χ1v) is 5.80. The highest BCUT2D eigenvalue weighted by atomic mass is 16.4. The fraction of sp³-hybridized carbons (Fsp3) is 0.154. The molecule has 0 aliphatic rings. The molecular formula is C13H12N2O5. The van der Waals surface area contributed by atoms with Gasteiger partial charge in [0, 0.05) is 17.0 Å². The molecule has 0 radical (unpaired) electrons. The first kappa shape index (κ1) is 13.8. The number of amides is 1. The number of aliphatic carboxylic acids is 1. The van der Waals surface area contributed by atoms with E-state index in [-0.39, 0.29) is 11.1 Å². The van der Waals surface area contributed by atoms with E-state index in [0.717, 1.165) is 6.07 Å². The number of hydrogen-bond donors (Lipinski definition) is 4. The van der Waals surface area contributed by atoms with Crippen LogP contribution < -0.4 is 10.7 Å². The van der Waals surface area contributed by atoms with E-state index < -0.39 is 24.5 Å². The van der Waals surface area contributed by atoms with Gasteiger partial charge < -0.3 is 20.5 Å². The summed E-state index contributed by atoms with van der Waals surface area (Å²) in [6, 6.07) is 7.84. The highest BCUT2D eigenvalue weighted by Crippen LogP contribution is 2.07. The van der Waals surface area contributed by atoms with E-state index in [1.54, 1.807) is 24.3 Å². The molecule has 1 aromatic heterocycles. The molecule has 1 heterocycles. The first-order valence-electron chi connectivity index (χ1n) is 5.80. The number of pyridine rings is 1. The molecular weight excluding hydrogens is 264 g/mol. The van der Waals surface area contributed by atoms with Crippen LogP contribution in [0.3, 0.4) is 0 Å². The molecule has 2 rings (SSSR count). The molecule has 7 nitrogen and oxygen atoms in total. The van der Waals surface area contributed by atoms with Crippen LogP contribution in [0.25, 0.3) is 10.9 Å². The second-order valence-electron chi connectivity index (χ2n) is 4.16. The normalized spacial score (nSPS) is 12.1. The molecule has 1 atom stereocenters. The zero-order valence-corrected chi connectivity index (χ0v) is 10.3. The van der Waals surface area contributed by atoms with Crippen molar-refractivity contribution in [3.63, 3.8) is 0 Å². The van der Waals surface area contributed by atoms with Gasteiger partial charge in [-0.05, 0) is 12.1 Å².